The second-order valence-corrected chi connectivity index (χ2v) is 7.87. The van der Waals surface area contributed by atoms with Crippen LogP contribution in [-0.2, 0) is 0 Å². The summed E-state index contributed by atoms with van der Waals surface area (Å²) in [4.78, 5) is 11.0. The van der Waals surface area contributed by atoms with Crippen molar-refractivity contribution in [3.8, 4) is 17.2 Å². The van der Waals surface area contributed by atoms with Crippen molar-refractivity contribution in [2.45, 2.75) is 13.8 Å². The molecule has 140 valence electrons. The maximum absolute atomic E-state index is 11.0. The highest BCUT2D eigenvalue weighted by molar-refractivity contribution is 9.11. The molecule has 0 unspecified atom stereocenters. The first-order valence-electron chi connectivity index (χ1n) is 7.96. The van der Waals surface area contributed by atoms with Crippen molar-refractivity contribution >= 4 is 49.2 Å². The van der Waals surface area contributed by atoms with Crippen molar-refractivity contribution in [3.05, 3.63) is 85.8 Å². The van der Waals surface area contributed by atoms with Gasteiger partial charge in [-0.15, -0.1) is 0 Å². The van der Waals surface area contributed by atoms with Gasteiger partial charge in [0.1, 0.15) is 17.2 Å². The fourth-order valence-electron chi connectivity index (χ4n) is 2.18. The minimum absolute atomic E-state index is 0.00861. The number of Topliss-reactive ketones (excluding diaryl/α,β-unsaturated/α-hetero) is 1. The van der Waals surface area contributed by atoms with Gasteiger partial charge >= 0.3 is 0 Å². The molecule has 0 aromatic heterocycles. The summed E-state index contributed by atoms with van der Waals surface area (Å²) in [5.74, 6) is 1.51. The molecule has 0 aliphatic heterocycles. The van der Waals surface area contributed by atoms with Crippen LogP contribution < -0.4 is 4.74 Å². The zero-order valence-corrected chi connectivity index (χ0v) is 18.6. The second-order valence-electron chi connectivity index (χ2n) is 5.66. The summed E-state index contributed by atoms with van der Waals surface area (Å²) < 4.78 is 6.98. The van der Waals surface area contributed by atoms with Crippen LogP contribution in [0.25, 0.3) is 0 Å². The lowest BCUT2D eigenvalue weighted by atomic mass is 10.1. The number of carbonyl (C=O) groups excluding carboxylic acids is 1. The Bertz CT molecular complexity index is 944. The Hall–Kier alpha value is -1.82. The maximum Gasteiger partial charge on any atom is 0.163 e. The van der Waals surface area contributed by atoms with Gasteiger partial charge in [-0.2, -0.15) is 0 Å². The third-order valence-corrected chi connectivity index (χ3v) is 4.81. The molecule has 0 saturated heterocycles. The van der Waals surface area contributed by atoms with Crippen molar-refractivity contribution in [3.63, 3.8) is 0 Å². The highest BCUT2D eigenvalue weighted by Crippen LogP contribution is 2.31. The molecule has 0 saturated carbocycles. The van der Waals surface area contributed by atoms with Crippen molar-refractivity contribution < 1.29 is 14.6 Å². The van der Waals surface area contributed by atoms with Crippen LogP contribution in [0.4, 0.5) is 0 Å². The first-order valence-corrected chi connectivity index (χ1v) is 9.92. The third-order valence-electron chi connectivity index (χ3n) is 3.52. The van der Waals surface area contributed by atoms with Gasteiger partial charge in [0.15, 0.2) is 5.78 Å². The van der Waals surface area contributed by atoms with Gasteiger partial charge in [-0.3, -0.25) is 4.79 Å². The van der Waals surface area contributed by atoms with Crippen LogP contribution in [0.15, 0.2) is 69.6 Å². The summed E-state index contributed by atoms with van der Waals surface area (Å²) >= 11 is 12.2. The first kappa shape index (κ1) is 21.5. The number of halogens is 3. The standard InChI is InChI=1S/C13H11ClO.C8H6Br2O2/c1-10-9-11(14)7-8-13(10)15-12-5-3-2-4-6-12;1-4(11)6-2-5(9)3-7(10)8(6)12/h2-9H,1H3;2-3,12H,1H3. The minimum atomic E-state index is -0.158. The van der Waals surface area contributed by atoms with E-state index < -0.39 is 0 Å². The number of ether oxygens (including phenoxy) is 1. The number of hydrogen-bond acceptors (Lipinski definition) is 3. The monoisotopic (exact) mass is 510 g/mol. The number of phenolic OH excluding ortho intramolecular Hbond substituents is 1. The van der Waals surface area contributed by atoms with Crippen molar-refractivity contribution in [2.24, 2.45) is 0 Å². The predicted molar refractivity (Wildman–Crippen MR) is 116 cm³/mol. The number of aryl methyl sites for hydroxylation is 1. The van der Waals surface area contributed by atoms with E-state index in [0.717, 1.165) is 26.6 Å². The maximum atomic E-state index is 11.0. The van der Waals surface area contributed by atoms with Gasteiger partial charge in [-0.25, -0.2) is 0 Å². The topological polar surface area (TPSA) is 46.5 Å². The largest absolute Gasteiger partial charge is 0.506 e. The molecule has 27 heavy (non-hydrogen) atoms. The average molecular weight is 513 g/mol. The van der Waals surface area contributed by atoms with Crippen LogP contribution in [0.3, 0.4) is 0 Å². The molecule has 3 aromatic rings. The summed E-state index contributed by atoms with van der Waals surface area (Å²) in [6, 6.07) is 18.6. The molecule has 3 aromatic carbocycles. The highest BCUT2D eigenvalue weighted by atomic mass is 79.9. The number of aromatic hydroxyl groups is 1. The highest BCUT2D eigenvalue weighted by Gasteiger charge is 2.10. The third kappa shape index (κ3) is 6.38. The number of hydrogen-bond donors (Lipinski definition) is 1. The molecule has 0 bridgehead atoms. The molecule has 6 heteroatoms. The second kappa shape index (κ2) is 9.93. The Morgan fingerprint density at radius 1 is 1.04 bits per heavy atom. The van der Waals surface area contributed by atoms with E-state index in [1.165, 1.54) is 6.92 Å². The molecule has 0 spiro atoms. The van der Waals surface area contributed by atoms with Crippen LogP contribution in [0.1, 0.15) is 22.8 Å². The Morgan fingerprint density at radius 3 is 2.30 bits per heavy atom. The number of carbonyl (C=O) groups is 1. The normalized spacial score (nSPS) is 9.96. The van der Waals surface area contributed by atoms with Gasteiger partial charge in [-0.05, 0) is 77.8 Å². The fraction of sp³-hybridized carbons (Fsp3) is 0.0952. The van der Waals surface area contributed by atoms with Gasteiger partial charge in [0, 0.05) is 9.50 Å². The van der Waals surface area contributed by atoms with E-state index >= 15 is 0 Å². The van der Waals surface area contributed by atoms with Gasteiger partial charge in [-0.1, -0.05) is 45.7 Å². The van der Waals surface area contributed by atoms with E-state index in [0.29, 0.717) is 10.0 Å². The van der Waals surface area contributed by atoms with E-state index in [2.05, 4.69) is 31.9 Å². The fourth-order valence-corrected chi connectivity index (χ4v) is 3.63. The van der Waals surface area contributed by atoms with E-state index in [4.69, 9.17) is 16.3 Å². The lowest BCUT2D eigenvalue weighted by molar-refractivity contribution is 0.101. The zero-order chi connectivity index (χ0) is 20.0. The lowest BCUT2D eigenvalue weighted by Crippen LogP contribution is -1.92. The molecule has 0 radical (unpaired) electrons. The van der Waals surface area contributed by atoms with Crippen LogP contribution in [-0.4, -0.2) is 10.9 Å². The smallest absolute Gasteiger partial charge is 0.163 e. The molecule has 1 N–H and O–H groups in total. The van der Waals surface area contributed by atoms with E-state index in [1.807, 2.05) is 55.5 Å². The number of para-hydroxylation sites is 1. The van der Waals surface area contributed by atoms with Crippen molar-refractivity contribution in [1.82, 2.24) is 0 Å². The Kier molecular flexibility index (Phi) is 7.90. The van der Waals surface area contributed by atoms with Gasteiger partial charge in [0.05, 0.1) is 10.0 Å². The molecular weight excluding hydrogens is 495 g/mol. The van der Waals surface area contributed by atoms with Crippen molar-refractivity contribution in [1.29, 1.82) is 0 Å². The van der Waals surface area contributed by atoms with Crippen LogP contribution >= 0.6 is 43.5 Å². The quantitative estimate of drug-likeness (QED) is 0.368. The number of phenols is 1. The number of ketones is 1. The Labute approximate surface area is 180 Å². The van der Waals surface area contributed by atoms with E-state index in [1.54, 1.807) is 12.1 Å². The predicted octanol–water partition coefficient (Wildman–Crippen LogP) is 7.56. The van der Waals surface area contributed by atoms with E-state index in [-0.39, 0.29) is 11.5 Å². The van der Waals surface area contributed by atoms with Crippen LogP contribution in [0.5, 0.6) is 17.2 Å². The van der Waals surface area contributed by atoms with Crippen LogP contribution in [0, 0.1) is 6.92 Å². The minimum Gasteiger partial charge on any atom is -0.506 e. The molecule has 0 amide bonds. The summed E-state index contributed by atoms with van der Waals surface area (Å²) in [6.07, 6.45) is 0. The zero-order valence-electron chi connectivity index (χ0n) is 14.7. The molecule has 0 aliphatic rings. The summed E-state index contributed by atoms with van der Waals surface area (Å²) in [5.41, 5.74) is 1.35. The molecule has 3 rings (SSSR count). The summed E-state index contributed by atoms with van der Waals surface area (Å²) in [7, 11) is 0. The summed E-state index contributed by atoms with van der Waals surface area (Å²) in [5, 5.41) is 10.1. The summed E-state index contributed by atoms with van der Waals surface area (Å²) in [6.45, 7) is 3.39. The molecule has 3 nitrogen and oxygen atoms in total. The van der Waals surface area contributed by atoms with E-state index in [9.17, 15) is 9.90 Å². The molecule has 0 aliphatic carbocycles. The van der Waals surface area contributed by atoms with Gasteiger partial charge < -0.3 is 9.84 Å². The van der Waals surface area contributed by atoms with Crippen molar-refractivity contribution in [2.75, 3.05) is 0 Å². The first-order chi connectivity index (χ1) is 12.8. The molecular formula is C21H17Br2ClO3. The Morgan fingerprint density at radius 2 is 1.70 bits per heavy atom. The average Bonchev–Trinajstić information content (AvgIpc) is 2.62. The molecule has 0 atom stereocenters. The SMILES string of the molecule is CC(=O)c1cc(Br)cc(Br)c1O.Cc1cc(Cl)ccc1Oc1ccccc1. The van der Waals surface area contributed by atoms with Gasteiger partial charge in [0.2, 0.25) is 0 Å². The van der Waals surface area contributed by atoms with Gasteiger partial charge in [0.25, 0.3) is 0 Å². The number of rotatable bonds is 3. The van der Waals surface area contributed by atoms with Crippen LogP contribution in [0.2, 0.25) is 5.02 Å². The molecule has 0 fully saturated rings. The Balaban J connectivity index is 0.000000199. The number of benzene rings is 3. The lowest BCUT2D eigenvalue weighted by Gasteiger charge is -2.08. The molecule has 0 heterocycles.